The van der Waals surface area contributed by atoms with Crippen molar-refractivity contribution < 1.29 is 33.7 Å². The van der Waals surface area contributed by atoms with E-state index in [-0.39, 0.29) is 24.5 Å². The average molecular weight is 924 g/mol. The van der Waals surface area contributed by atoms with E-state index >= 15 is 0 Å². The van der Waals surface area contributed by atoms with E-state index in [1.807, 2.05) is 0 Å². The smallest absolute Gasteiger partial charge is 0.305 e. The Bertz CT molecular complexity index is 952. The molecule has 0 atom stereocenters. The second kappa shape index (κ2) is 53.2. The first kappa shape index (κ1) is 63.3. The van der Waals surface area contributed by atoms with Gasteiger partial charge in [-0.2, -0.15) is 0 Å². The minimum atomic E-state index is -0.0368. The predicted molar refractivity (Wildman–Crippen MR) is 275 cm³/mol. The topological polar surface area (TPSA) is 106 Å². The summed E-state index contributed by atoms with van der Waals surface area (Å²) >= 11 is 0. The average Bonchev–Trinajstić information content (AvgIpc) is 3.30. The molecular formula is C56H110N2O7. The Kier molecular flexibility index (Phi) is 51.8. The number of unbranched alkanes of at least 4 members (excludes halogenated alkanes) is 30. The number of aliphatic hydroxyl groups is 1. The van der Waals surface area contributed by atoms with Gasteiger partial charge in [-0.1, -0.05) is 194 Å². The second-order valence-corrected chi connectivity index (χ2v) is 19.3. The van der Waals surface area contributed by atoms with Crippen molar-refractivity contribution in [1.82, 2.24) is 9.80 Å². The molecule has 0 rings (SSSR count). The third-order valence-electron chi connectivity index (χ3n) is 13.0. The number of hydrogen-bond donors (Lipinski definition) is 1. The Morgan fingerprint density at radius 1 is 0.292 bits per heavy atom. The van der Waals surface area contributed by atoms with E-state index in [0.29, 0.717) is 39.1 Å². The fraction of sp³-hybridized carbons (Fsp3) is 0.946. The van der Waals surface area contributed by atoms with Gasteiger partial charge in [0.15, 0.2) is 0 Å². The van der Waals surface area contributed by atoms with E-state index in [2.05, 4.69) is 30.6 Å². The summed E-state index contributed by atoms with van der Waals surface area (Å²) in [6.45, 7) is 14.7. The van der Waals surface area contributed by atoms with Gasteiger partial charge in [-0.15, -0.1) is 0 Å². The normalized spacial score (nSPS) is 11.5. The Morgan fingerprint density at radius 3 is 0.815 bits per heavy atom. The molecular weight excluding hydrogens is 813 g/mol. The first-order valence-electron chi connectivity index (χ1n) is 28.5. The van der Waals surface area contributed by atoms with Gasteiger partial charge in [-0.25, -0.2) is 0 Å². The zero-order chi connectivity index (χ0) is 47.4. The summed E-state index contributed by atoms with van der Waals surface area (Å²) in [5.74, 6) is -0.0939. The molecule has 0 unspecified atom stereocenters. The van der Waals surface area contributed by atoms with Crippen LogP contribution < -0.4 is 0 Å². The maximum atomic E-state index is 12.2. The zero-order valence-electron chi connectivity index (χ0n) is 43.6. The van der Waals surface area contributed by atoms with Crippen LogP contribution in [0.5, 0.6) is 0 Å². The number of esters is 3. The van der Waals surface area contributed by atoms with Crippen molar-refractivity contribution in [3.63, 3.8) is 0 Å². The number of nitrogens with zero attached hydrogens (tertiary/aromatic N) is 2. The van der Waals surface area contributed by atoms with Crippen molar-refractivity contribution in [3.8, 4) is 0 Å². The van der Waals surface area contributed by atoms with Gasteiger partial charge in [0.05, 0.1) is 26.4 Å². The molecule has 0 aromatic rings. The van der Waals surface area contributed by atoms with Gasteiger partial charge < -0.3 is 29.1 Å². The lowest BCUT2D eigenvalue weighted by Gasteiger charge is -2.26. The minimum absolute atomic E-state index is 0.0285. The molecule has 0 heterocycles. The third kappa shape index (κ3) is 50.0. The fourth-order valence-corrected chi connectivity index (χ4v) is 8.69. The highest BCUT2D eigenvalue weighted by molar-refractivity contribution is 5.69. The van der Waals surface area contributed by atoms with E-state index in [1.54, 1.807) is 0 Å². The summed E-state index contributed by atoms with van der Waals surface area (Å²) in [5.41, 5.74) is 0. The number of ether oxygens (including phenoxy) is 3. The largest absolute Gasteiger partial charge is 0.466 e. The van der Waals surface area contributed by atoms with E-state index in [0.717, 1.165) is 155 Å². The lowest BCUT2D eigenvalue weighted by atomic mass is 10.1. The highest BCUT2D eigenvalue weighted by atomic mass is 16.5. The maximum absolute atomic E-state index is 12.2. The molecule has 0 aliphatic rings. The molecule has 0 aliphatic carbocycles. The van der Waals surface area contributed by atoms with Crippen molar-refractivity contribution in [3.05, 3.63) is 0 Å². The number of carbonyl (C=O) groups excluding carboxylic acids is 3. The lowest BCUT2D eigenvalue weighted by Crippen LogP contribution is -2.33. The van der Waals surface area contributed by atoms with Gasteiger partial charge in [0.2, 0.25) is 0 Å². The Labute approximate surface area is 403 Å². The van der Waals surface area contributed by atoms with Crippen LogP contribution >= 0.6 is 0 Å². The lowest BCUT2D eigenvalue weighted by molar-refractivity contribution is -0.144. The first-order valence-corrected chi connectivity index (χ1v) is 28.5. The molecule has 0 saturated carbocycles. The molecule has 0 saturated heterocycles. The third-order valence-corrected chi connectivity index (χ3v) is 13.0. The summed E-state index contributed by atoms with van der Waals surface area (Å²) in [6.07, 6.45) is 45.1. The van der Waals surface area contributed by atoms with E-state index < -0.39 is 0 Å². The highest BCUT2D eigenvalue weighted by Crippen LogP contribution is 2.14. The van der Waals surface area contributed by atoms with Crippen molar-refractivity contribution in [2.24, 2.45) is 0 Å². The highest BCUT2D eigenvalue weighted by Gasteiger charge is 2.10. The predicted octanol–water partition coefficient (Wildman–Crippen LogP) is 14.9. The zero-order valence-corrected chi connectivity index (χ0v) is 43.6. The molecule has 0 bridgehead atoms. The molecule has 0 fully saturated rings. The van der Waals surface area contributed by atoms with Gasteiger partial charge >= 0.3 is 17.9 Å². The molecule has 0 aromatic carbocycles. The van der Waals surface area contributed by atoms with Crippen LogP contribution in [-0.2, 0) is 28.6 Å². The van der Waals surface area contributed by atoms with Gasteiger partial charge in [-0.05, 0) is 96.9 Å². The van der Waals surface area contributed by atoms with Crippen molar-refractivity contribution >= 4 is 17.9 Å². The van der Waals surface area contributed by atoms with Crippen LogP contribution in [0.4, 0.5) is 0 Å². The van der Waals surface area contributed by atoms with Crippen LogP contribution in [0.15, 0.2) is 0 Å². The number of hydrogen-bond acceptors (Lipinski definition) is 9. The van der Waals surface area contributed by atoms with E-state index in [4.69, 9.17) is 14.2 Å². The van der Waals surface area contributed by atoms with Crippen LogP contribution in [0.1, 0.15) is 278 Å². The Hall–Kier alpha value is -1.71. The maximum Gasteiger partial charge on any atom is 0.305 e. The van der Waals surface area contributed by atoms with Gasteiger partial charge in [0.25, 0.3) is 0 Å². The van der Waals surface area contributed by atoms with Gasteiger partial charge in [0, 0.05) is 25.8 Å². The molecule has 65 heavy (non-hydrogen) atoms. The summed E-state index contributed by atoms with van der Waals surface area (Å²) in [7, 11) is 0. The number of aliphatic hydroxyl groups excluding tert-OH is 1. The van der Waals surface area contributed by atoms with Crippen LogP contribution in [-0.4, -0.2) is 98.5 Å². The Morgan fingerprint density at radius 2 is 0.523 bits per heavy atom. The molecule has 0 aromatic heterocycles. The monoisotopic (exact) mass is 923 g/mol. The van der Waals surface area contributed by atoms with Crippen LogP contribution in [0.25, 0.3) is 0 Å². The Balaban J connectivity index is 4.44. The van der Waals surface area contributed by atoms with Crippen molar-refractivity contribution in [2.75, 3.05) is 65.7 Å². The van der Waals surface area contributed by atoms with Crippen molar-refractivity contribution in [1.29, 1.82) is 0 Å². The SMILES string of the molecule is CCCCCCCCCOC(=O)CCCCCCCN(CCO)CCCN(CCCCCCCC(=O)OCCCCCCCCC)CCCCCCCC(=O)OCCCCCCCCC. The fourth-order valence-electron chi connectivity index (χ4n) is 8.69. The summed E-state index contributed by atoms with van der Waals surface area (Å²) in [6, 6.07) is 0. The van der Waals surface area contributed by atoms with E-state index in [1.165, 1.54) is 122 Å². The summed E-state index contributed by atoms with van der Waals surface area (Å²) < 4.78 is 16.4. The molecule has 9 heteroatoms. The van der Waals surface area contributed by atoms with Crippen molar-refractivity contribution in [2.45, 2.75) is 278 Å². The quantitative estimate of drug-likeness (QED) is 0.0363. The minimum Gasteiger partial charge on any atom is -0.466 e. The second-order valence-electron chi connectivity index (χ2n) is 19.3. The van der Waals surface area contributed by atoms with E-state index in [9.17, 15) is 19.5 Å². The summed E-state index contributed by atoms with van der Waals surface area (Å²) in [5, 5.41) is 9.80. The van der Waals surface area contributed by atoms with Crippen LogP contribution in [0.2, 0.25) is 0 Å². The van der Waals surface area contributed by atoms with Gasteiger partial charge in [-0.3, -0.25) is 14.4 Å². The first-order chi connectivity index (χ1) is 32.0. The molecule has 0 aliphatic heterocycles. The standard InChI is InChI=1S/C56H110N2O7/c1-4-7-10-13-16-28-37-51-63-54(60)41-31-22-19-25-34-44-57(45-35-26-20-23-32-42-55(61)64-52-38-29-17-14-11-8-5-2)47-40-48-58(49-50-59)46-36-27-21-24-33-43-56(62)65-53-39-30-18-15-12-9-6-3/h59H,4-53H2,1-3H3. The molecule has 386 valence electrons. The number of carbonyl (C=O) groups is 3. The molecule has 9 nitrogen and oxygen atoms in total. The van der Waals surface area contributed by atoms with Crippen LogP contribution in [0, 0.1) is 0 Å². The van der Waals surface area contributed by atoms with Gasteiger partial charge in [0.1, 0.15) is 0 Å². The molecule has 0 amide bonds. The molecule has 0 radical (unpaired) electrons. The van der Waals surface area contributed by atoms with Crippen LogP contribution in [0.3, 0.4) is 0 Å². The number of rotatable bonds is 54. The summed E-state index contributed by atoms with van der Waals surface area (Å²) in [4.78, 5) is 41.6. The molecule has 1 N–H and O–H groups in total. The molecule has 0 spiro atoms.